The number of rotatable bonds is 4. The van der Waals surface area contributed by atoms with Crippen molar-refractivity contribution in [3.63, 3.8) is 0 Å². The van der Waals surface area contributed by atoms with Gasteiger partial charge in [0, 0.05) is 14.1 Å². The number of hydrogen-bond acceptors (Lipinski definition) is 1. The van der Waals surface area contributed by atoms with Crippen LogP contribution in [0.1, 0.15) is 17.2 Å². The van der Waals surface area contributed by atoms with E-state index >= 15 is 0 Å². The monoisotopic (exact) mass is 451 g/mol. The van der Waals surface area contributed by atoms with Gasteiger partial charge in [0.25, 0.3) is 0 Å². The van der Waals surface area contributed by atoms with E-state index in [1.54, 1.807) is 6.07 Å². The molecule has 0 aromatic heterocycles. The average molecular weight is 452 g/mol. The summed E-state index contributed by atoms with van der Waals surface area (Å²) in [5.74, 6) is -1.57. The maximum atomic E-state index is 13.8. The van der Waals surface area contributed by atoms with E-state index in [9.17, 15) is 8.78 Å². The molecule has 0 bridgehead atoms. The first-order valence-electron chi connectivity index (χ1n) is 6.08. The molecule has 0 aliphatic rings. The van der Waals surface area contributed by atoms with Crippen LogP contribution in [0.4, 0.5) is 8.78 Å². The summed E-state index contributed by atoms with van der Waals surface area (Å²) in [6.45, 7) is 0. The molecule has 1 atom stereocenters. The van der Waals surface area contributed by atoms with Crippen LogP contribution < -0.4 is 5.32 Å². The molecule has 0 aliphatic carbocycles. The van der Waals surface area contributed by atoms with Crippen molar-refractivity contribution in [3.8, 4) is 0 Å². The van der Waals surface area contributed by atoms with Crippen LogP contribution in [0.5, 0.6) is 0 Å². The highest BCUT2D eigenvalue weighted by Gasteiger charge is 2.17. The molecule has 2 rings (SSSR count). The van der Waals surface area contributed by atoms with Crippen molar-refractivity contribution in [1.82, 2.24) is 5.32 Å². The Morgan fingerprint density at radius 2 is 2.00 bits per heavy atom. The van der Waals surface area contributed by atoms with Crippen LogP contribution in [0, 0.1) is 15.2 Å². The maximum Gasteiger partial charge on any atom is 0.162 e. The van der Waals surface area contributed by atoms with Crippen LogP contribution in [-0.2, 0) is 6.42 Å². The topological polar surface area (TPSA) is 12.0 Å². The quantitative estimate of drug-likeness (QED) is 0.656. The molecule has 2 aromatic rings. The highest BCUT2D eigenvalue weighted by molar-refractivity contribution is 14.1. The molecule has 20 heavy (non-hydrogen) atoms. The van der Waals surface area contributed by atoms with Crippen LogP contribution in [0.3, 0.4) is 0 Å². The Hall–Kier alpha value is -0.530. The fourth-order valence-electron chi connectivity index (χ4n) is 2.08. The van der Waals surface area contributed by atoms with Gasteiger partial charge in [-0.05, 0) is 71.5 Å². The first kappa shape index (κ1) is 15.9. The molecule has 1 unspecified atom stereocenters. The number of nitrogens with one attached hydrogen (secondary N) is 1. The summed E-state index contributed by atoms with van der Waals surface area (Å²) in [6.07, 6.45) is 0.395. The van der Waals surface area contributed by atoms with Gasteiger partial charge in [0.1, 0.15) is 0 Å². The zero-order valence-electron chi connectivity index (χ0n) is 10.8. The third kappa shape index (κ3) is 3.56. The molecule has 0 saturated heterocycles. The second-order valence-corrected chi connectivity index (χ2v) is 6.50. The largest absolute Gasteiger partial charge is 0.313 e. The Labute approximate surface area is 139 Å². The lowest BCUT2D eigenvalue weighted by atomic mass is 9.98. The second kappa shape index (κ2) is 6.95. The molecule has 0 saturated carbocycles. The lowest BCUT2D eigenvalue weighted by Crippen LogP contribution is -2.20. The van der Waals surface area contributed by atoms with Crippen molar-refractivity contribution in [1.29, 1.82) is 0 Å². The Morgan fingerprint density at radius 1 is 1.25 bits per heavy atom. The molecule has 0 fully saturated rings. The molecule has 0 amide bonds. The molecule has 2 aromatic carbocycles. The normalized spacial score (nSPS) is 12.4. The fourth-order valence-corrected chi connectivity index (χ4v) is 3.17. The van der Waals surface area contributed by atoms with Crippen LogP contribution in [0.25, 0.3) is 0 Å². The van der Waals surface area contributed by atoms with E-state index in [4.69, 9.17) is 0 Å². The van der Waals surface area contributed by atoms with Gasteiger partial charge in [-0.25, -0.2) is 8.78 Å². The van der Waals surface area contributed by atoms with E-state index in [1.165, 1.54) is 6.07 Å². The smallest absolute Gasteiger partial charge is 0.162 e. The van der Waals surface area contributed by atoms with E-state index in [2.05, 4.69) is 43.8 Å². The first-order valence-corrected chi connectivity index (χ1v) is 7.95. The van der Waals surface area contributed by atoms with Gasteiger partial charge in [0.05, 0.1) is 0 Å². The second-order valence-electron chi connectivity index (χ2n) is 4.42. The number of likely N-dealkylation sites (N-methyl/N-ethyl adjacent to an activating group) is 1. The molecule has 0 aliphatic heterocycles. The first-order chi connectivity index (χ1) is 9.52. The predicted octanol–water partition coefficient (Wildman–Crippen LogP) is 4.84. The Kier molecular flexibility index (Phi) is 5.51. The Balaban J connectivity index is 2.34. The SMILES string of the molecule is CNC(Cc1cccc(F)c1F)c1cc(Br)ccc1I. The summed E-state index contributed by atoms with van der Waals surface area (Å²) in [7, 11) is 1.82. The molecular formula is C15H13BrF2IN. The van der Waals surface area contributed by atoms with Crippen LogP contribution in [0.2, 0.25) is 0 Å². The summed E-state index contributed by atoms with van der Waals surface area (Å²) in [6, 6.07) is 10.2. The van der Waals surface area contributed by atoms with Gasteiger partial charge in [-0.3, -0.25) is 0 Å². The highest BCUT2D eigenvalue weighted by atomic mass is 127. The predicted molar refractivity (Wildman–Crippen MR) is 88.7 cm³/mol. The number of hydrogen-bond donors (Lipinski definition) is 1. The molecule has 1 nitrogen and oxygen atoms in total. The summed E-state index contributed by atoms with van der Waals surface area (Å²) < 4.78 is 29.1. The van der Waals surface area contributed by atoms with Gasteiger partial charge in [-0.2, -0.15) is 0 Å². The van der Waals surface area contributed by atoms with Crippen molar-refractivity contribution in [2.45, 2.75) is 12.5 Å². The van der Waals surface area contributed by atoms with Gasteiger partial charge in [0.15, 0.2) is 11.6 Å². The fraction of sp³-hybridized carbons (Fsp3) is 0.200. The van der Waals surface area contributed by atoms with Crippen molar-refractivity contribution >= 4 is 38.5 Å². The van der Waals surface area contributed by atoms with E-state index in [-0.39, 0.29) is 6.04 Å². The third-order valence-corrected chi connectivity index (χ3v) is 4.61. The molecule has 0 spiro atoms. The average Bonchev–Trinajstić information content (AvgIpc) is 2.43. The summed E-state index contributed by atoms with van der Waals surface area (Å²) in [5, 5.41) is 3.17. The standard InChI is InChI=1S/C15H13BrF2IN/c1-20-14(11-8-10(16)5-6-13(11)19)7-9-3-2-4-12(17)15(9)18/h2-6,8,14,20H,7H2,1H3. The van der Waals surface area contributed by atoms with E-state index in [0.29, 0.717) is 12.0 Å². The minimum Gasteiger partial charge on any atom is -0.313 e. The zero-order valence-corrected chi connectivity index (χ0v) is 14.5. The molecule has 0 heterocycles. The summed E-state index contributed by atoms with van der Waals surface area (Å²) in [4.78, 5) is 0. The molecule has 0 radical (unpaired) electrons. The van der Waals surface area contributed by atoms with Crippen LogP contribution >= 0.6 is 38.5 Å². The Morgan fingerprint density at radius 3 is 2.70 bits per heavy atom. The maximum absolute atomic E-state index is 13.8. The zero-order chi connectivity index (χ0) is 14.7. The lowest BCUT2D eigenvalue weighted by molar-refractivity contribution is 0.486. The minimum atomic E-state index is -0.804. The van der Waals surface area contributed by atoms with E-state index < -0.39 is 11.6 Å². The van der Waals surface area contributed by atoms with Crippen LogP contribution in [0.15, 0.2) is 40.9 Å². The van der Waals surface area contributed by atoms with Crippen molar-refractivity contribution < 1.29 is 8.78 Å². The van der Waals surface area contributed by atoms with Gasteiger partial charge in [0.2, 0.25) is 0 Å². The van der Waals surface area contributed by atoms with E-state index in [1.807, 2.05) is 25.2 Å². The van der Waals surface area contributed by atoms with Gasteiger partial charge >= 0.3 is 0 Å². The van der Waals surface area contributed by atoms with E-state index in [0.717, 1.165) is 19.7 Å². The summed E-state index contributed by atoms with van der Waals surface area (Å²) >= 11 is 5.69. The van der Waals surface area contributed by atoms with Gasteiger partial charge in [-0.15, -0.1) is 0 Å². The Bertz CT molecular complexity index is 619. The summed E-state index contributed by atoms with van der Waals surface area (Å²) in [5.41, 5.74) is 1.44. The van der Waals surface area contributed by atoms with Crippen molar-refractivity contribution in [3.05, 3.63) is 67.2 Å². The third-order valence-electron chi connectivity index (χ3n) is 3.14. The minimum absolute atomic E-state index is 0.0734. The van der Waals surface area contributed by atoms with Crippen LogP contribution in [-0.4, -0.2) is 7.05 Å². The number of benzene rings is 2. The molecule has 1 N–H and O–H groups in total. The van der Waals surface area contributed by atoms with Gasteiger partial charge in [-0.1, -0.05) is 28.1 Å². The van der Waals surface area contributed by atoms with Crippen molar-refractivity contribution in [2.75, 3.05) is 7.05 Å². The van der Waals surface area contributed by atoms with Gasteiger partial charge < -0.3 is 5.32 Å². The highest BCUT2D eigenvalue weighted by Crippen LogP contribution is 2.27. The van der Waals surface area contributed by atoms with Crippen molar-refractivity contribution in [2.24, 2.45) is 0 Å². The molecule has 5 heteroatoms. The number of halogens is 4. The lowest BCUT2D eigenvalue weighted by Gasteiger charge is -2.19. The molecule has 106 valence electrons. The molecular weight excluding hydrogens is 439 g/mol.